The van der Waals surface area contributed by atoms with Gasteiger partial charge in [0.25, 0.3) is 0 Å². The van der Waals surface area contributed by atoms with Gasteiger partial charge >= 0.3 is 0 Å². The van der Waals surface area contributed by atoms with Crippen molar-refractivity contribution in [3.05, 3.63) is 0 Å². The summed E-state index contributed by atoms with van der Waals surface area (Å²) in [5.74, 6) is 0.188. The smallest absolute Gasteiger partial charge is 0.156 e. The first-order chi connectivity index (χ1) is 6.67. The van der Waals surface area contributed by atoms with Gasteiger partial charge in [-0.05, 0) is 40.7 Å². The van der Waals surface area contributed by atoms with Crippen LogP contribution in [0.2, 0.25) is 0 Å². The lowest BCUT2D eigenvalue weighted by atomic mass is 10.3. The first kappa shape index (κ1) is 15.2. The molecule has 0 fully saturated rings. The molecule has 0 bridgehead atoms. The molecule has 0 aromatic rings. The van der Waals surface area contributed by atoms with E-state index >= 15 is 0 Å². The number of halogens is 1. The van der Waals surface area contributed by atoms with Gasteiger partial charge < -0.3 is 5.32 Å². The Labute approximate surface area is 98.5 Å². The second-order valence-corrected chi connectivity index (χ2v) is 8.36. The van der Waals surface area contributed by atoms with Crippen molar-refractivity contribution in [3.8, 4) is 0 Å². The molecule has 92 valence electrons. The van der Waals surface area contributed by atoms with Crippen molar-refractivity contribution in [2.75, 3.05) is 18.8 Å². The molecule has 0 radical (unpaired) electrons. The molecule has 1 unspecified atom stereocenters. The molecule has 0 saturated carbocycles. The lowest BCUT2D eigenvalue weighted by Crippen LogP contribution is -2.35. The normalized spacial score (nSPS) is 15.3. The van der Waals surface area contributed by atoms with E-state index in [1.54, 1.807) is 20.8 Å². The lowest BCUT2D eigenvalue weighted by Gasteiger charge is -2.19. The quantitative estimate of drug-likeness (QED) is 0.582. The van der Waals surface area contributed by atoms with Gasteiger partial charge in [0, 0.05) is 11.9 Å². The van der Waals surface area contributed by atoms with E-state index in [1.807, 2.05) is 6.92 Å². The summed E-state index contributed by atoms with van der Waals surface area (Å²) in [5, 5.41) is 3.22. The molecule has 0 amide bonds. The van der Waals surface area contributed by atoms with Crippen molar-refractivity contribution in [2.24, 2.45) is 0 Å². The number of nitrogens with one attached hydrogen (secondary N) is 1. The van der Waals surface area contributed by atoms with Crippen molar-refractivity contribution in [1.29, 1.82) is 0 Å². The zero-order chi connectivity index (χ0) is 12.1. The Morgan fingerprint density at radius 3 is 2.20 bits per heavy atom. The van der Waals surface area contributed by atoms with Crippen LogP contribution in [0.3, 0.4) is 0 Å². The van der Waals surface area contributed by atoms with Crippen molar-refractivity contribution < 1.29 is 8.42 Å². The Bertz CT molecular complexity index is 268. The monoisotopic (exact) mass is 255 g/mol. The zero-order valence-corrected chi connectivity index (χ0v) is 11.6. The first-order valence-electron chi connectivity index (χ1n) is 5.24. The maximum Gasteiger partial charge on any atom is 0.156 e. The lowest BCUT2D eigenvalue weighted by molar-refractivity contribution is 0.555. The second kappa shape index (κ2) is 6.06. The Balaban J connectivity index is 3.78. The van der Waals surface area contributed by atoms with E-state index in [2.05, 4.69) is 5.32 Å². The van der Waals surface area contributed by atoms with Crippen molar-refractivity contribution in [3.63, 3.8) is 0 Å². The van der Waals surface area contributed by atoms with Crippen LogP contribution >= 0.6 is 11.6 Å². The molecule has 0 aromatic carbocycles. The highest BCUT2D eigenvalue weighted by molar-refractivity contribution is 7.92. The molecular weight excluding hydrogens is 234 g/mol. The van der Waals surface area contributed by atoms with Gasteiger partial charge in [-0.25, -0.2) is 8.42 Å². The summed E-state index contributed by atoms with van der Waals surface area (Å²) in [7, 11) is -2.99. The minimum atomic E-state index is -2.99. The largest absolute Gasteiger partial charge is 0.316 e. The fourth-order valence-corrected chi connectivity index (χ4v) is 2.07. The van der Waals surface area contributed by atoms with Crippen LogP contribution in [0.25, 0.3) is 0 Å². The van der Waals surface area contributed by atoms with Crippen molar-refractivity contribution in [1.82, 2.24) is 5.32 Å². The van der Waals surface area contributed by atoms with Crippen LogP contribution in [0.4, 0.5) is 0 Å². The molecular formula is C10H22ClNO2S. The third kappa shape index (κ3) is 6.38. The molecule has 0 aromatic heterocycles. The standard InChI is InChI=1S/C10H22ClNO2S/c1-9(11)5-6-12-7-8-15(13,14)10(2,3)4/h9,12H,5-8H2,1-4H3. The van der Waals surface area contributed by atoms with E-state index in [0.29, 0.717) is 6.54 Å². The fourth-order valence-electron chi connectivity index (χ4n) is 0.939. The Hall–Kier alpha value is 0.200. The predicted octanol–water partition coefficient (Wildman–Crippen LogP) is 1.81. The highest BCUT2D eigenvalue weighted by atomic mass is 35.5. The van der Waals surface area contributed by atoms with Crippen molar-refractivity contribution in [2.45, 2.75) is 44.2 Å². The molecule has 0 aliphatic heterocycles. The van der Waals surface area contributed by atoms with E-state index in [9.17, 15) is 8.42 Å². The highest BCUT2D eigenvalue weighted by Gasteiger charge is 2.27. The molecule has 3 nitrogen and oxygen atoms in total. The molecule has 0 saturated heterocycles. The average molecular weight is 256 g/mol. The molecule has 0 spiro atoms. The summed E-state index contributed by atoms with van der Waals surface area (Å²) < 4.78 is 22.7. The van der Waals surface area contributed by atoms with Gasteiger partial charge in [-0.1, -0.05) is 0 Å². The van der Waals surface area contributed by atoms with Gasteiger partial charge in [-0.15, -0.1) is 11.6 Å². The minimum absolute atomic E-state index is 0.136. The second-order valence-electron chi connectivity index (χ2n) is 4.75. The summed E-state index contributed by atoms with van der Waals surface area (Å²) in [4.78, 5) is 0. The highest BCUT2D eigenvalue weighted by Crippen LogP contribution is 2.15. The molecule has 1 N–H and O–H groups in total. The number of alkyl halides is 1. The number of hydrogen-bond acceptors (Lipinski definition) is 3. The molecule has 0 aliphatic carbocycles. The third-order valence-corrected chi connectivity index (χ3v) is 5.03. The van der Waals surface area contributed by atoms with E-state index in [1.165, 1.54) is 0 Å². The van der Waals surface area contributed by atoms with Gasteiger partial charge in [0.1, 0.15) is 0 Å². The maximum atomic E-state index is 11.7. The minimum Gasteiger partial charge on any atom is -0.316 e. The van der Waals surface area contributed by atoms with Crippen LogP contribution in [-0.2, 0) is 9.84 Å². The topological polar surface area (TPSA) is 46.2 Å². The van der Waals surface area contributed by atoms with Gasteiger partial charge in [0.2, 0.25) is 0 Å². The van der Waals surface area contributed by atoms with E-state index in [4.69, 9.17) is 11.6 Å². The van der Waals surface area contributed by atoms with Crippen molar-refractivity contribution >= 4 is 21.4 Å². The molecule has 1 atom stereocenters. The van der Waals surface area contributed by atoms with Crippen LogP contribution < -0.4 is 5.32 Å². The molecule has 15 heavy (non-hydrogen) atoms. The van der Waals surface area contributed by atoms with Crippen LogP contribution in [0.5, 0.6) is 0 Å². The van der Waals surface area contributed by atoms with E-state index in [-0.39, 0.29) is 11.1 Å². The first-order valence-corrected chi connectivity index (χ1v) is 7.33. The Morgan fingerprint density at radius 2 is 1.80 bits per heavy atom. The summed E-state index contributed by atoms with van der Waals surface area (Å²) in [6, 6.07) is 0. The molecule has 0 aliphatic rings. The number of hydrogen-bond donors (Lipinski definition) is 1. The van der Waals surface area contributed by atoms with Gasteiger partial charge in [0.05, 0.1) is 10.5 Å². The van der Waals surface area contributed by atoms with E-state index in [0.717, 1.165) is 13.0 Å². The SMILES string of the molecule is CC(Cl)CCNCCS(=O)(=O)C(C)(C)C. The average Bonchev–Trinajstić information content (AvgIpc) is 2.00. The van der Waals surface area contributed by atoms with Gasteiger partial charge in [-0.3, -0.25) is 0 Å². The summed E-state index contributed by atoms with van der Waals surface area (Å²) in [6.45, 7) is 8.37. The fraction of sp³-hybridized carbons (Fsp3) is 1.00. The molecule has 5 heteroatoms. The Morgan fingerprint density at radius 1 is 1.27 bits per heavy atom. The maximum absolute atomic E-state index is 11.7. The summed E-state index contributed by atoms with van der Waals surface area (Å²) >= 11 is 5.76. The zero-order valence-electron chi connectivity index (χ0n) is 10.0. The van der Waals surface area contributed by atoms with Crippen LogP contribution in [-0.4, -0.2) is 37.4 Å². The van der Waals surface area contributed by atoms with Gasteiger partial charge in [0.15, 0.2) is 9.84 Å². The van der Waals surface area contributed by atoms with E-state index < -0.39 is 14.6 Å². The van der Waals surface area contributed by atoms with Crippen LogP contribution in [0.1, 0.15) is 34.1 Å². The summed E-state index contributed by atoms with van der Waals surface area (Å²) in [6.07, 6.45) is 0.858. The predicted molar refractivity (Wildman–Crippen MR) is 66.3 cm³/mol. The third-order valence-electron chi connectivity index (χ3n) is 2.20. The van der Waals surface area contributed by atoms with Crippen LogP contribution in [0, 0.1) is 0 Å². The van der Waals surface area contributed by atoms with Gasteiger partial charge in [-0.2, -0.15) is 0 Å². The molecule has 0 rings (SSSR count). The molecule has 0 heterocycles. The van der Waals surface area contributed by atoms with Crippen LogP contribution in [0.15, 0.2) is 0 Å². The number of sulfone groups is 1. The Kier molecular flexibility index (Phi) is 6.14. The summed E-state index contributed by atoms with van der Waals surface area (Å²) in [5.41, 5.74) is 0. The number of rotatable bonds is 6.